The summed E-state index contributed by atoms with van der Waals surface area (Å²) in [6.45, 7) is 0.175. The molecule has 0 unspecified atom stereocenters. The molecular formula is C15H17N3O3S. The summed E-state index contributed by atoms with van der Waals surface area (Å²) in [4.78, 5) is 11.9. The number of benzene rings is 2. The van der Waals surface area contributed by atoms with Gasteiger partial charge in [0.25, 0.3) is 0 Å². The second-order valence-electron chi connectivity index (χ2n) is 4.74. The predicted octanol–water partition coefficient (Wildman–Crippen LogP) is 2.38. The van der Waals surface area contributed by atoms with E-state index in [2.05, 4.69) is 15.4 Å². The van der Waals surface area contributed by atoms with Crippen LogP contribution in [0.4, 0.5) is 16.2 Å². The smallest absolute Gasteiger partial charge is 0.308 e. The minimum absolute atomic E-state index is 0.175. The van der Waals surface area contributed by atoms with Crippen molar-refractivity contribution in [3.05, 3.63) is 60.2 Å². The van der Waals surface area contributed by atoms with Crippen LogP contribution in [-0.2, 0) is 16.6 Å². The van der Waals surface area contributed by atoms with Crippen molar-refractivity contribution in [3.63, 3.8) is 0 Å². The van der Waals surface area contributed by atoms with Gasteiger partial charge in [-0.15, -0.1) is 0 Å². The first kappa shape index (κ1) is 16.0. The molecule has 0 bridgehead atoms. The lowest BCUT2D eigenvalue weighted by atomic mass is 10.2. The summed E-state index contributed by atoms with van der Waals surface area (Å²) in [5.41, 5.74) is 2.03. The Morgan fingerprint density at radius 3 is 2.27 bits per heavy atom. The number of amides is 2. The van der Waals surface area contributed by atoms with E-state index in [1.54, 1.807) is 36.4 Å². The molecule has 0 saturated heterocycles. The summed E-state index contributed by atoms with van der Waals surface area (Å²) in [7, 11) is -3.25. The van der Waals surface area contributed by atoms with Gasteiger partial charge in [0.2, 0.25) is 10.0 Å². The van der Waals surface area contributed by atoms with Crippen LogP contribution in [0.1, 0.15) is 5.56 Å². The van der Waals surface area contributed by atoms with Gasteiger partial charge in [-0.2, -0.15) is 0 Å². The van der Waals surface area contributed by atoms with Gasteiger partial charge in [-0.1, -0.05) is 30.3 Å². The maximum Gasteiger partial charge on any atom is 0.323 e. The fraction of sp³-hybridized carbons (Fsp3) is 0.133. The first-order valence-electron chi connectivity index (χ1n) is 6.59. The summed E-state index contributed by atoms with van der Waals surface area (Å²) in [5.74, 6) is 0. The monoisotopic (exact) mass is 319 g/mol. The van der Waals surface area contributed by atoms with Gasteiger partial charge in [-0.3, -0.25) is 0 Å². The lowest BCUT2D eigenvalue weighted by Gasteiger charge is -2.09. The van der Waals surface area contributed by atoms with Crippen molar-refractivity contribution >= 4 is 27.4 Å². The van der Waals surface area contributed by atoms with Crippen LogP contribution in [0.15, 0.2) is 54.6 Å². The fourth-order valence-electron chi connectivity index (χ4n) is 1.79. The number of para-hydroxylation sites is 1. The topological polar surface area (TPSA) is 87.3 Å². The van der Waals surface area contributed by atoms with Gasteiger partial charge in [-0.05, 0) is 29.8 Å². The Bertz CT molecular complexity index is 746. The lowest BCUT2D eigenvalue weighted by molar-refractivity contribution is 0.262. The van der Waals surface area contributed by atoms with Crippen molar-refractivity contribution in [1.82, 2.24) is 4.72 Å². The largest absolute Gasteiger partial charge is 0.323 e. The maximum absolute atomic E-state index is 11.9. The van der Waals surface area contributed by atoms with Crippen LogP contribution >= 0.6 is 0 Å². The number of sulfonamides is 1. The van der Waals surface area contributed by atoms with Gasteiger partial charge in [0.05, 0.1) is 6.26 Å². The van der Waals surface area contributed by atoms with Gasteiger partial charge in [-0.25, -0.2) is 17.9 Å². The molecule has 2 aromatic carbocycles. The van der Waals surface area contributed by atoms with Crippen molar-refractivity contribution in [2.24, 2.45) is 0 Å². The molecule has 3 N–H and O–H groups in total. The number of anilines is 2. The zero-order valence-corrected chi connectivity index (χ0v) is 12.9. The molecule has 2 aromatic rings. The number of hydrogen-bond donors (Lipinski definition) is 3. The molecule has 0 radical (unpaired) electrons. The van der Waals surface area contributed by atoms with Gasteiger partial charge < -0.3 is 10.6 Å². The molecule has 6 nitrogen and oxygen atoms in total. The molecule has 22 heavy (non-hydrogen) atoms. The Balaban J connectivity index is 1.96. The van der Waals surface area contributed by atoms with E-state index in [0.29, 0.717) is 11.4 Å². The molecule has 0 saturated carbocycles. The second-order valence-corrected chi connectivity index (χ2v) is 6.57. The van der Waals surface area contributed by atoms with Crippen LogP contribution in [-0.4, -0.2) is 20.7 Å². The molecule has 0 fully saturated rings. The van der Waals surface area contributed by atoms with Crippen LogP contribution in [0.5, 0.6) is 0 Å². The first-order valence-corrected chi connectivity index (χ1v) is 8.48. The molecule has 0 aromatic heterocycles. The third-order valence-corrected chi connectivity index (χ3v) is 3.42. The molecule has 116 valence electrons. The number of nitrogens with one attached hydrogen (secondary N) is 3. The van der Waals surface area contributed by atoms with Crippen molar-refractivity contribution in [2.75, 3.05) is 16.9 Å². The SMILES string of the molecule is CS(=O)(=O)NCc1cccc(NC(=O)Nc2ccccc2)c1. The lowest BCUT2D eigenvalue weighted by Crippen LogP contribution is -2.22. The van der Waals surface area contributed by atoms with Gasteiger partial charge in [0.1, 0.15) is 0 Å². The van der Waals surface area contributed by atoms with Crippen molar-refractivity contribution < 1.29 is 13.2 Å². The molecule has 0 heterocycles. The normalized spacial score (nSPS) is 11.0. The van der Waals surface area contributed by atoms with Crippen LogP contribution in [0.25, 0.3) is 0 Å². The van der Waals surface area contributed by atoms with E-state index in [-0.39, 0.29) is 12.6 Å². The zero-order chi connectivity index (χ0) is 16.0. The highest BCUT2D eigenvalue weighted by Crippen LogP contribution is 2.12. The van der Waals surface area contributed by atoms with Crippen LogP contribution in [0, 0.1) is 0 Å². The van der Waals surface area contributed by atoms with Gasteiger partial charge in [0.15, 0.2) is 0 Å². The molecule has 0 atom stereocenters. The van der Waals surface area contributed by atoms with Crippen LogP contribution < -0.4 is 15.4 Å². The summed E-state index contributed by atoms with van der Waals surface area (Å²) in [6.07, 6.45) is 1.10. The van der Waals surface area contributed by atoms with E-state index in [0.717, 1.165) is 11.8 Å². The van der Waals surface area contributed by atoms with E-state index in [1.807, 2.05) is 18.2 Å². The fourth-order valence-corrected chi connectivity index (χ4v) is 2.22. The highest BCUT2D eigenvalue weighted by Gasteiger charge is 2.05. The van der Waals surface area contributed by atoms with E-state index in [1.165, 1.54) is 0 Å². The van der Waals surface area contributed by atoms with E-state index in [9.17, 15) is 13.2 Å². The average Bonchev–Trinajstić information content (AvgIpc) is 2.46. The van der Waals surface area contributed by atoms with Crippen LogP contribution in [0.3, 0.4) is 0 Å². The summed E-state index contributed by atoms with van der Waals surface area (Å²) in [6, 6.07) is 15.7. The molecular weight excluding hydrogens is 302 g/mol. The number of carbonyl (C=O) groups excluding carboxylic acids is 1. The van der Waals surface area contributed by atoms with Gasteiger partial charge in [0, 0.05) is 17.9 Å². The molecule has 0 aliphatic rings. The Morgan fingerprint density at radius 1 is 0.955 bits per heavy atom. The molecule has 2 amide bonds. The first-order chi connectivity index (χ1) is 10.4. The Kier molecular flexibility index (Phi) is 5.13. The van der Waals surface area contributed by atoms with Crippen molar-refractivity contribution in [1.29, 1.82) is 0 Å². The summed E-state index contributed by atoms with van der Waals surface area (Å²) < 4.78 is 24.6. The zero-order valence-electron chi connectivity index (χ0n) is 12.0. The van der Waals surface area contributed by atoms with Crippen molar-refractivity contribution in [3.8, 4) is 0 Å². The van der Waals surface area contributed by atoms with E-state index < -0.39 is 10.0 Å². The standard InChI is InChI=1S/C15H17N3O3S/c1-22(20,21)16-11-12-6-5-9-14(10-12)18-15(19)17-13-7-3-2-4-8-13/h2-10,16H,11H2,1H3,(H2,17,18,19). The number of rotatable bonds is 5. The minimum atomic E-state index is -3.25. The average molecular weight is 319 g/mol. The molecule has 2 rings (SSSR count). The van der Waals surface area contributed by atoms with Crippen molar-refractivity contribution in [2.45, 2.75) is 6.54 Å². The minimum Gasteiger partial charge on any atom is -0.308 e. The molecule has 7 heteroatoms. The highest BCUT2D eigenvalue weighted by molar-refractivity contribution is 7.88. The maximum atomic E-state index is 11.9. The van der Waals surface area contributed by atoms with Crippen LogP contribution in [0.2, 0.25) is 0 Å². The molecule has 0 spiro atoms. The van der Waals surface area contributed by atoms with E-state index >= 15 is 0 Å². The Morgan fingerprint density at radius 2 is 1.59 bits per heavy atom. The van der Waals surface area contributed by atoms with Gasteiger partial charge >= 0.3 is 6.03 Å². The number of urea groups is 1. The predicted molar refractivity (Wildman–Crippen MR) is 87.2 cm³/mol. The number of hydrogen-bond acceptors (Lipinski definition) is 3. The summed E-state index contributed by atoms with van der Waals surface area (Å²) >= 11 is 0. The molecule has 0 aliphatic heterocycles. The quantitative estimate of drug-likeness (QED) is 0.790. The Hall–Kier alpha value is -2.38. The Labute approximate surface area is 129 Å². The molecule has 0 aliphatic carbocycles. The number of carbonyl (C=O) groups is 1. The highest BCUT2D eigenvalue weighted by atomic mass is 32.2. The third-order valence-electron chi connectivity index (χ3n) is 2.75. The second kappa shape index (κ2) is 7.06. The third kappa shape index (κ3) is 5.55. The van der Waals surface area contributed by atoms with E-state index in [4.69, 9.17) is 0 Å². The summed E-state index contributed by atoms with van der Waals surface area (Å²) in [5, 5.41) is 5.41.